The number of nitrogens with one attached hydrogen (secondary N) is 1. The molecule has 0 bridgehead atoms. The monoisotopic (exact) mass is 323 g/mol. The lowest BCUT2D eigenvalue weighted by molar-refractivity contribution is -0.142. The average Bonchev–Trinajstić information content (AvgIpc) is 2.79. The minimum absolute atomic E-state index is 0.178. The first-order valence-corrected chi connectivity index (χ1v) is 7.24. The van der Waals surface area contributed by atoms with Gasteiger partial charge in [0, 0.05) is 11.3 Å². The van der Waals surface area contributed by atoms with Crippen molar-refractivity contribution >= 4 is 28.2 Å². The van der Waals surface area contributed by atoms with Gasteiger partial charge in [-0.3, -0.25) is 4.79 Å². The molecule has 1 aromatic heterocycles. The molecule has 8 heteroatoms. The maximum atomic E-state index is 12.1. The Balaban J connectivity index is 2.79. The van der Waals surface area contributed by atoms with Crippen LogP contribution < -0.4 is 5.32 Å². The molecule has 0 unspecified atom stereocenters. The van der Waals surface area contributed by atoms with E-state index >= 15 is 0 Å². The van der Waals surface area contributed by atoms with Crippen LogP contribution in [0.2, 0.25) is 0 Å². The number of carbonyl (C=O) groups is 2. The van der Waals surface area contributed by atoms with Crippen molar-refractivity contribution in [1.82, 2.24) is 0 Å². The zero-order valence-electron chi connectivity index (χ0n) is 11.7. The molecule has 1 N–H and O–H groups in total. The van der Waals surface area contributed by atoms with Crippen LogP contribution in [0.1, 0.15) is 41.9 Å². The first-order valence-electron chi connectivity index (χ1n) is 6.43. The lowest BCUT2D eigenvalue weighted by Crippen LogP contribution is -2.17. The summed E-state index contributed by atoms with van der Waals surface area (Å²) in [5.74, 6) is -1.37. The van der Waals surface area contributed by atoms with Gasteiger partial charge in [-0.25, -0.2) is 4.79 Å². The Kier molecular flexibility index (Phi) is 6.19. The number of rotatable bonds is 6. The molecule has 0 saturated carbocycles. The SMILES string of the molecule is CCOC(=O)c1cc(CC)sc1NC(=O)CCC(F)(F)F. The van der Waals surface area contributed by atoms with Gasteiger partial charge in [0.15, 0.2) is 0 Å². The first kappa shape index (κ1) is 17.5. The fraction of sp³-hybridized carbons (Fsp3) is 0.538. The highest BCUT2D eigenvalue weighted by Crippen LogP contribution is 2.30. The van der Waals surface area contributed by atoms with Crippen LogP contribution in [0.3, 0.4) is 0 Å². The molecule has 0 atom stereocenters. The minimum atomic E-state index is -4.38. The molecule has 0 aliphatic heterocycles. The quantitative estimate of drug-likeness (QED) is 0.811. The second-order valence-electron chi connectivity index (χ2n) is 4.19. The number of anilines is 1. The Morgan fingerprint density at radius 3 is 2.52 bits per heavy atom. The van der Waals surface area contributed by atoms with E-state index in [1.54, 1.807) is 13.0 Å². The summed E-state index contributed by atoms with van der Waals surface area (Å²) >= 11 is 1.16. The van der Waals surface area contributed by atoms with Gasteiger partial charge < -0.3 is 10.1 Å². The number of hydrogen-bond donors (Lipinski definition) is 1. The number of aryl methyl sites for hydroxylation is 1. The van der Waals surface area contributed by atoms with Gasteiger partial charge >= 0.3 is 12.1 Å². The molecule has 0 aromatic carbocycles. The van der Waals surface area contributed by atoms with Gasteiger partial charge in [-0.1, -0.05) is 6.92 Å². The van der Waals surface area contributed by atoms with E-state index in [0.29, 0.717) is 6.42 Å². The number of hydrogen-bond acceptors (Lipinski definition) is 4. The van der Waals surface area contributed by atoms with Gasteiger partial charge in [0.1, 0.15) is 5.00 Å². The minimum Gasteiger partial charge on any atom is -0.462 e. The molecule has 1 amide bonds. The normalized spacial score (nSPS) is 11.3. The van der Waals surface area contributed by atoms with Gasteiger partial charge in [0.2, 0.25) is 5.91 Å². The van der Waals surface area contributed by atoms with Crippen LogP contribution in [0.15, 0.2) is 6.07 Å². The highest BCUT2D eigenvalue weighted by atomic mass is 32.1. The van der Waals surface area contributed by atoms with E-state index in [0.717, 1.165) is 16.2 Å². The number of esters is 1. The van der Waals surface area contributed by atoms with Crippen molar-refractivity contribution in [3.63, 3.8) is 0 Å². The van der Waals surface area contributed by atoms with E-state index in [9.17, 15) is 22.8 Å². The van der Waals surface area contributed by atoms with Crippen LogP contribution in [0.5, 0.6) is 0 Å². The van der Waals surface area contributed by atoms with Gasteiger partial charge in [0.05, 0.1) is 18.6 Å². The number of ether oxygens (including phenoxy) is 1. The van der Waals surface area contributed by atoms with Crippen molar-refractivity contribution in [3.05, 3.63) is 16.5 Å². The van der Waals surface area contributed by atoms with E-state index in [4.69, 9.17) is 4.74 Å². The highest BCUT2D eigenvalue weighted by molar-refractivity contribution is 7.16. The van der Waals surface area contributed by atoms with Crippen molar-refractivity contribution < 1.29 is 27.5 Å². The summed E-state index contributed by atoms with van der Waals surface area (Å²) in [6, 6.07) is 1.59. The summed E-state index contributed by atoms with van der Waals surface area (Å²) in [6.07, 6.45) is -5.61. The van der Waals surface area contributed by atoms with Crippen molar-refractivity contribution in [1.29, 1.82) is 0 Å². The van der Waals surface area contributed by atoms with Gasteiger partial charge in [-0.2, -0.15) is 13.2 Å². The molecule has 0 radical (unpaired) electrons. The molecule has 0 saturated heterocycles. The molecule has 0 fully saturated rings. The third-order valence-corrected chi connectivity index (χ3v) is 3.71. The first-order chi connectivity index (χ1) is 9.76. The van der Waals surface area contributed by atoms with E-state index in [1.807, 2.05) is 6.92 Å². The summed E-state index contributed by atoms with van der Waals surface area (Å²) in [6.45, 7) is 3.69. The predicted molar refractivity (Wildman–Crippen MR) is 73.6 cm³/mol. The topological polar surface area (TPSA) is 55.4 Å². The van der Waals surface area contributed by atoms with Crippen LogP contribution >= 0.6 is 11.3 Å². The van der Waals surface area contributed by atoms with Crippen molar-refractivity contribution in [2.24, 2.45) is 0 Å². The molecule has 4 nitrogen and oxygen atoms in total. The number of alkyl halides is 3. The summed E-state index contributed by atoms with van der Waals surface area (Å²) in [4.78, 5) is 24.1. The number of carbonyl (C=O) groups excluding carboxylic acids is 2. The maximum Gasteiger partial charge on any atom is 0.389 e. The van der Waals surface area contributed by atoms with Gasteiger partial charge in [-0.05, 0) is 19.4 Å². The molecule has 1 rings (SSSR count). The fourth-order valence-corrected chi connectivity index (χ4v) is 2.51. The second-order valence-corrected chi connectivity index (χ2v) is 5.33. The largest absolute Gasteiger partial charge is 0.462 e. The molecule has 118 valence electrons. The molecule has 0 spiro atoms. The van der Waals surface area contributed by atoms with E-state index in [1.165, 1.54) is 0 Å². The predicted octanol–water partition coefficient (Wildman–Crippen LogP) is 3.77. The molecule has 0 aliphatic rings. The number of halogens is 3. The van der Waals surface area contributed by atoms with E-state index in [2.05, 4.69) is 5.32 Å². The Labute approximate surface area is 124 Å². The third-order valence-electron chi connectivity index (χ3n) is 2.52. The van der Waals surface area contributed by atoms with Gasteiger partial charge in [-0.15, -0.1) is 11.3 Å². The molecule has 1 heterocycles. The Bertz CT molecular complexity index is 511. The van der Waals surface area contributed by atoms with Crippen LogP contribution in [-0.2, 0) is 16.0 Å². The second kappa shape index (κ2) is 7.44. The molecule has 21 heavy (non-hydrogen) atoms. The summed E-state index contributed by atoms with van der Waals surface area (Å²) in [5, 5.41) is 2.59. The van der Waals surface area contributed by atoms with E-state index < -0.39 is 30.9 Å². The summed E-state index contributed by atoms with van der Waals surface area (Å²) < 4.78 is 41.1. The molecule has 0 aliphatic carbocycles. The summed E-state index contributed by atoms with van der Waals surface area (Å²) in [5.41, 5.74) is 0.180. The highest BCUT2D eigenvalue weighted by Gasteiger charge is 2.28. The smallest absolute Gasteiger partial charge is 0.389 e. The zero-order chi connectivity index (χ0) is 16.0. The lowest BCUT2D eigenvalue weighted by atomic mass is 10.2. The lowest BCUT2D eigenvalue weighted by Gasteiger charge is -2.07. The Morgan fingerprint density at radius 2 is 2.00 bits per heavy atom. The van der Waals surface area contributed by atoms with Crippen molar-refractivity contribution in [2.45, 2.75) is 39.3 Å². The van der Waals surface area contributed by atoms with Gasteiger partial charge in [0.25, 0.3) is 0 Å². The van der Waals surface area contributed by atoms with Crippen LogP contribution in [0.25, 0.3) is 0 Å². The Hall–Kier alpha value is -1.57. The maximum absolute atomic E-state index is 12.1. The van der Waals surface area contributed by atoms with Crippen LogP contribution in [0, 0.1) is 0 Å². The molecular formula is C13H16F3NO3S. The zero-order valence-corrected chi connectivity index (χ0v) is 12.5. The fourth-order valence-electron chi connectivity index (χ4n) is 1.51. The van der Waals surface area contributed by atoms with E-state index in [-0.39, 0.29) is 17.2 Å². The van der Waals surface area contributed by atoms with Crippen molar-refractivity contribution in [2.75, 3.05) is 11.9 Å². The number of amides is 1. The number of thiophene rings is 1. The molecule has 1 aromatic rings. The standard InChI is InChI=1S/C13H16F3NO3S/c1-3-8-7-9(12(19)20-4-2)11(21-8)17-10(18)5-6-13(14,15)16/h7H,3-6H2,1-2H3,(H,17,18). The van der Waals surface area contributed by atoms with Crippen LogP contribution in [-0.4, -0.2) is 24.7 Å². The summed E-state index contributed by atoms with van der Waals surface area (Å²) in [7, 11) is 0. The van der Waals surface area contributed by atoms with Crippen molar-refractivity contribution in [3.8, 4) is 0 Å². The molecular weight excluding hydrogens is 307 g/mol. The van der Waals surface area contributed by atoms with Crippen LogP contribution in [0.4, 0.5) is 18.2 Å². The Morgan fingerprint density at radius 1 is 1.33 bits per heavy atom. The average molecular weight is 323 g/mol. The third kappa shape index (κ3) is 5.74.